The normalized spacial score (nSPS) is 13.9. The molecule has 0 spiro atoms. The van der Waals surface area contributed by atoms with Crippen LogP contribution in [-0.2, 0) is 6.42 Å². The molecule has 3 nitrogen and oxygen atoms in total. The van der Waals surface area contributed by atoms with Crippen LogP contribution in [0.3, 0.4) is 0 Å². The lowest BCUT2D eigenvalue weighted by Gasteiger charge is -2.23. The monoisotopic (exact) mass is 325 g/mol. The van der Waals surface area contributed by atoms with E-state index in [4.69, 9.17) is 27.2 Å². The fourth-order valence-corrected chi connectivity index (χ4v) is 3.23. The van der Waals surface area contributed by atoms with Crippen molar-refractivity contribution in [3.8, 4) is 5.75 Å². The molecular formula is C16H20ClNO2S. The summed E-state index contributed by atoms with van der Waals surface area (Å²) in [5.74, 6) is 0.773. The number of thiophene rings is 1. The second kappa shape index (κ2) is 7.80. The summed E-state index contributed by atoms with van der Waals surface area (Å²) in [6.45, 7) is 2.19. The minimum absolute atomic E-state index is 0.0863. The molecule has 2 aromatic rings. The van der Waals surface area contributed by atoms with Crippen molar-refractivity contribution in [2.24, 2.45) is 5.73 Å². The lowest BCUT2D eigenvalue weighted by atomic mass is 10.1. The first kappa shape index (κ1) is 16.3. The molecule has 0 saturated carbocycles. The highest BCUT2D eigenvalue weighted by molar-refractivity contribution is 7.16. The van der Waals surface area contributed by atoms with Crippen molar-refractivity contribution in [3.63, 3.8) is 0 Å². The first-order chi connectivity index (χ1) is 10.1. The Bertz CT molecular complexity index is 556. The summed E-state index contributed by atoms with van der Waals surface area (Å²) in [7, 11) is 0. The highest BCUT2D eigenvalue weighted by atomic mass is 35.5. The summed E-state index contributed by atoms with van der Waals surface area (Å²) >= 11 is 7.51. The SMILES string of the molecule is CCC(N)C(Oc1ccc(CCO)cc1)c1ccc(Cl)s1. The number of hydrogen-bond acceptors (Lipinski definition) is 4. The Labute approximate surface area is 134 Å². The van der Waals surface area contributed by atoms with Gasteiger partial charge in [-0.25, -0.2) is 0 Å². The topological polar surface area (TPSA) is 55.5 Å². The molecule has 0 bridgehead atoms. The zero-order valence-electron chi connectivity index (χ0n) is 12.0. The fourth-order valence-electron chi connectivity index (χ4n) is 2.06. The molecule has 0 aliphatic rings. The Morgan fingerprint density at radius 3 is 2.48 bits per heavy atom. The minimum Gasteiger partial charge on any atom is -0.483 e. The maximum atomic E-state index is 8.93. The molecule has 3 N–H and O–H groups in total. The van der Waals surface area contributed by atoms with Crippen LogP contribution in [0.25, 0.3) is 0 Å². The summed E-state index contributed by atoms with van der Waals surface area (Å²) in [6.07, 6.45) is 1.28. The van der Waals surface area contributed by atoms with E-state index in [9.17, 15) is 0 Å². The highest BCUT2D eigenvalue weighted by Gasteiger charge is 2.22. The molecule has 2 atom stereocenters. The first-order valence-corrected chi connectivity index (χ1v) is 8.20. The second-order valence-electron chi connectivity index (χ2n) is 4.87. The van der Waals surface area contributed by atoms with Crippen molar-refractivity contribution in [2.45, 2.75) is 31.9 Å². The van der Waals surface area contributed by atoms with Crippen LogP contribution >= 0.6 is 22.9 Å². The van der Waals surface area contributed by atoms with Crippen molar-refractivity contribution < 1.29 is 9.84 Å². The number of aliphatic hydroxyl groups is 1. The van der Waals surface area contributed by atoms with Gasteiger partial charge in [-0.1, -0.05) is 30.7 Å². The molecule has 0 aliphatic heterocycles. The molecule has 0 fully saturated rings. The van der Waals surface area contributed by atoms with E-state index in [0.29, 0.717) is 6.42 Å². The molecular weight excluding hydrogens is 306 g/mol. The molecule has 5 heteroatoms. The molecule has 0 radical (unpaired) electrons. The lowest BCUT2D eigenvalue weighted by Crippen LogP contribution is -2.30. The van der Waals surface area contributed by atoms with Gasteiger partial charge in [-0.3, -0.25) is 0 Å². The predicted molar refractivity (Wildman–Crippen MR) is 88.2 cm³/mol. The number of rotatable bonds is 7. The average Bonchev–Trinajstić information content (AvgIpc) is 2.92. The summed E-state index contributed by atoms with van der Waals surface area (Å²) in [5.41, 5.74) is 7.27. The molecule has 114 valence electrons. The van der Waals surface area contributed by atoms with Crippen molar-refractivity contribution in [1.82, 2.24) is 0 Å². The zero-order valence-corrected chi connectivity index (χ0v) is 13.5. The Balaban J connectivity index is 2.15. The highest BCUT2D eigenvalue weighted by Crippen LogP contribution is 2.32. The largest absolute Gasteiger partial charge is 0.483 e. The van der Waals surface area contributed by atoms with Gasteiger partial charge in [0.25, 0.3) is 0 Å². The number of aliphatic hydroxyl groups excluding tert-OH is 1. The van der Waals surface area contributed by atoms with Crippen LogP contribution in [0.4, 0.5) is 0 Å². The quantitative estimate of drug-likeness (QED) is 0.814. The van der Waals surface area contributed by atoms with Crippen molar-refractivity contribution >= 4 is 22.9 Å². The molecule has 1 aromatic heterocycles. The smallest absolute Gasteiger partial charge is 0.148 e. The van der Waals surface area contributed by atoms with E-state index in [-0.39, 0.29) is 18.8 Å². The van der Waals surface area contributed by atoms with Crippen LogP contribution in [-0.4, -0.2) is 17.8 Å². The number of halogens is 1. The van der Waals surface area contributed by atoms with Gasteiger partial charge in [-0.15, -0.1) is 11.3 Å². The molecule has 1 aromatic carbocycles. The van der Waals surface area contributed by atoms with E-state index in [0.717, 1.165) is 26.9 Å². The third kappa shape index (κ3) is 4.45. The molecule has 2 rings (SSSR count). The Morgan fingerprint density at radius 1 is 1.24 bits per heavy atom. The van der Waals surface area contributed by atoms with E-state index < -0.39 is 0 Å². The number of ether oxygens (including phenoxy) is 1. The minimum atomic E-state index is -0.198. The molecule has 1 heterocycles. The van der Waals surface area contributed by atoms with Crippen LogP contribution in [0.2, 0.25) is 4.34 Å². The molecule has 0 amide bonds. The molecule has 0 aliphatic carbocycles. The van der Waals surface area contributed by atoms with Crippen molar-refractivity contribution in [1.29, 1.82) is 0 Å². The summed E-state index contributed by atoms with van der Waals surface area (Å²) in [6, 6.07) is 11.5. The van der Waals surface area contributed by atoms with Gasteiger partial charge in [0.2, 0.25) is 0 Å². The second-order valence-corrected chi connectivity index (χ2v) is 6.62. The van der Waals surface area contributed by atoms with Gasteiger partial charge < -0.3 is 15.6 Å². The van der Waals surface area contributed by atoms with Gasteiger partial charge >= 0.3 is 0 Å². The van der Waals surface area contributed by atoms with Crippen LogP contribution in [0, 0.1) is 0 Å². The number of benzene rings is 1. The van der Waals surface area contributed by atoms with Crippen molar-refractivity contribution in [2.75, 3.05) is 6.61 Å². The zero-order chi connectivity index (χ0) is 15.2. The lowest BCUT2D eigenvalue weighted by molar-refractivity contribution is 0.174. The Hall–Kier alpha value is -1.07. The number of hydrogen-bond donors (Lipinski definition) is 2. The predicted octanol–water partition coefficient (Wildman–Crippen LogP) is 3.79. The first-order valence-electron chi connectivity index (χ1n) is 7.01. The summed E-state index contributed by atoms with van der Waals surface area (Å²) in [5, 5.41) is 8.93. The van der Waals surface area contributed by atoms with Crippen molar-refractivity contribution in [3.05, 3.63) is 51.2 Å². The Morgan fingerprint density at radius 2 is 1.95 bits per heavy atom. The van der Waals surface area contributed by atoms with Crippen LogP contribution in [0.5, 0.6) is 5.75 Å². The summed E-state index contributed by atoms with van der Waals surface area (Å²) < 4.78 is 6.80. The van der Waals surface area contributed by atoms with E-state index in [2.05, 4.69) is 0 Å². The van der Waals surface area contributed by atoms with E-state index in [1.54, 1.807) is 0 Å². The Kier molecular flexibility index (Phi) is 6.06. The maximum absolute atomic E-state index is 8.93. The van der Waals surface area contributed by atoms with E-state index in [1.165, 1.54) is 11.3 Å². The molecule has 2 unspecified atom stereocenters. The average molecular weight is 326 g/mol. The molecule has 21 heavy (non-hydrogen) atoms. The fraction of sp³-hybridized carbons (Fsp3) is 0.375. The van der Waals surface area contributed by atoms with E-state index in [1.807, 2.05) is 43.3 Å². The molecule has 0 saturated heterocycles. The van der Waals surface area contributed by atoms with Gasteiger partial charge in [0.1, 0.15) is 11.9 Å². The van der Waals surface area contributed by atoms with Gasteiger partial charge in [0, 0.05) is 17.5 Å². The third-order valence-corrected chi connectivity index (χ3v) is 4.61. The third-order valence-electron chi connectivity index (χ3n) is 3.32. The number of nitrogens with two attached hydrogens (primary N) is 1. The van der Waals surface area contributed by atoms with Gasteiger partial charge in [-0.05, 0) is 42.7 Å². The van der Waals surface area contributed by atoms with E-state index >= 15 is 0 Å². The maximum Gasteiger partial charge on any atom is 0.148 e. The van der Waals surface area contributed by atoms with Crippen LogP contribution in [0.15, 0.2) is 36.4 Å². The van der Waals surface area contributed by atoms with Crippen LogP contribution < -0.4 is 10.5 Å². The van der Waals surface area contributed by atoms with Gasteiger partial charge in [0.05, 0.1) is 4.34 Å². The van der Waals surface area contributed by atoms with Gasteiger partial charge in [-0.2, -0.15) is 0 Å². The van der Waals surface area contributed by atoms with Gasteiger partial charge in [0.15, 0.2) is 0 Å². The van der Waals surface area contributed by atoms with Crippen LogP contribution in [0.1, 0.15) is 29.9 Å². The standard InChI is InChI=1S/C16H20ClNO2S/c1-2-13(18)16(14-7-8-15(17)21-14)20-12-5-3-11(4-6-12)9-10-19/h3-8,13,16,19H,2,9-10,18H2,1H3. The summed E-state index contributed by atoms with van der Waals surface area (Å²) in [4.78, 5) is 1.04.